The van der Waals surface area contributed by atoms with Crippen LogP contribution in [0.5, 0.6) is 11.5 Å². The molecule has 2 N–H and O–H groups in total. The molecule has 1 atom stereocenters. The number of anilines is 2. The molecule has 4 rings (SSSR count). The summed E-state index contributed by atoms with van der Waals surface area (Å²) in [6.07, 6.45) is 0. The molecule has 0 fully saturated rings. The van der Waals surface area contributed by atoms with Crippen molar-refractivity contribution in [1.29, 1.82) is 0 Å². The van der Waals surface area contributed by atoms with Gasteiger partial charge in [0.1, 0.15) is 19.0 Å². The first-order chi connectivity index (χ1) is 15.5. The minimum atomic E-state index is -0.583. The van der Waals surface area contributed by atoms with Crippen LogP contribution in [0.25, 0.3) is 0 Å². The number of amides is 2. The predicted molar refractivity (Wildman–Crippen MR) is 122 cm³/mol. The molecule has 0 saturated carbocycles. The topological polar surface area (TPSA) is 76.7 Å². The Morgan fingerprint density at radius 2 is 1.66 bits per heavy atom. The van der Waals surface area contributed by atoms with Crippen LogP contribution in [0.2, 0.25) is 0 Å². The number of rotatable bonds is 6. The number of halogens is 1. The van der Waals surface area contributed by atoms with E-state index in [0.29, 0.717) is 36.1 Å². The molecule has 164 valence electrons. The van der Waals surface area contributed by atoms with E-state index in [9.17, 15) is 14.0 Å². The molecule has 6 nitrogen and oxygen atoms in total. The van der Waals surface area contributed by atoms with E-state index in [1.807, 2.05) is 6.07 Å². The Hall–Kier alpha value is -3.52. The number of fused-ring (bicyclic) bond motifs is 1. The maximum Gasteiger partial charge on any atom is 0.258 e. The third-order valence-electron chi connectivity index (χ3n) is 4.70. The fourth-order valence-electron chi connectivity index (χ4n) is 3.11. The molecule has 0 aromatic heterocycles. The fourth-order valence-corrected chi connectivity index (χ4v) is 4.04. The second-order valence-corrected chi connectivity index (χ2v) is 8.48. The van der Waals surface area contributed by atoms with Gasteiger partial charge < -0.3 is 20.1 Å². The smallest absolute Gasteiger partial charge is 0.258 e. The Morgan fingerprint density at radius 3 is 2.47 bits per heavy atom. The van der Waals surface area contributed by atoms with Gasteiger partial charge in [0.2, 0.25) is 5.91 Å². The molecular formula is C24H21FN2O4S. The predicted octanol–water partition coefficient (Wildman–Crippen LogP) is 4.97. The molecule has 3 aromatic carbocycles. The zero-order chi connectivity index (χ0) is 22.5. The van der Waals surface area contributed by atoms with Crippen molar-refractivity contribution in [3.63, 3.8) is 0 Å². The van der Waals surface area contributed by atoms with E-state index in [2.05, 4.69) is 10.6 Å². The normalized spacial score (nSPS) is 13.2. The molecule has 1 heterocycles. The van der Waals surface area contributed by atoms with Gasteiger partial charge in [-0.3, -0.25) is 9.59 Å². The first-order valence-electron chi connectivity index (χ1n) is 10.0. The molecule has 0 aliphatic carbocycles. The summed E-state index contributed by atoms with van der Waals surface area (Å²) in [6.45, 7) is 2.77. The minimum absolute atomic E-state index is 0.0299. The summed E-state index contributed by atoms with van der Waals surface area (Å²) in [4.78, 5) is 25.8. The zero-order valence-corrected chi connectivity index (χ0v) is 18.1. The van der Waals surface area contributed by atoms with Crippen LogP contribution >= 0.6 is 11.8 Å². The van der Waals surface area contributed by atoms with Gasteiger partial charge in [-0.25, -0.2) is 4.39 Å². The largest absolute Gasteiger partial charge is 0.486 e. The molecule has 1 unspecified atom stereocenters. The number of carbonyl (C=O) groups excluding carboxylic acids is 2. The van der Waals surface area contributed by atoms with Crippen LogP contribution in [0.15, 0.2) is 71.6 Å². The van der Waals surface area contributed by atoms with Crippen molar-refractivity contribution in [2.45, 2.75) is 17.1 Å². The monoisotopic (exact) mass is 452 g/mol. The van der Waals surface area contributed by atoms with Crippen molar-refractivity contribution in [3.8, 4) is 11.5 Å². The van der Waals surface area contributed by atoms with Gasteiger partial charge in [0.05, 0.1) is 10.8 Å². The average Bonchev–Trinajstić information content (AvgIpc) is 2.79. The maximum atomic E-state index is 13.8. The Labute approximate surface area is 189 Å². The minimum Gasteiger partial charge on any atom is -0.486 e. The van der Waals surface area contributed by atoms with Gasteiger partial charge in [-0.05, 0) is 49.4 Å². The fraction of sp³-hybridized carbons (Fsp3) is 0.167. The lowest BCUT2D eigenvalue weighted by Gasteiger charge is -2.19. The summed E-state index contributed by atoms with van der Waals surface area (Å²) >= 11 is 1.35. The molecule has 8 heteroatoms. The highest BCUT2D eigenvalue weighted by atomic mass is 32.2. The van der Waals surface area contributed by atoms with Crippen LogP contribution in [-0.2, 0) is 4.79 Å². The lowest BCUT2D eigenvalue weighted by molar-refractivity contribution is -0.115. The van der Waals surface area contributed by atoms with Crippen LogP contribution in [0.4, 0.5) is 15.8 Å². The molecule has 0 radical (unpaired) electrons. The van der Waals surface area contributed by atoms with Crippen LogP contribution in [0.1, 0.15) is 17.3 Å². The Kier molecular flexibility index (Phi) is 6.61. The number of benzene rings is 3. The van der Waals surface area contributed by atoms with E-state index in [4.69, 9.17) is 9.47 Å². The van der Waals surface area contributed by atoms with Crippen molar-refractivity contribution >= 4 is 35.0 Å². The molecule has 1 aliphatic heterocycles. The van der Waals surface area contributed by atoms with Gasteiger partial charge in [-0.15, -0.1) is 11.8 Å². The van der Waals surface area contributed by atoms with Gasteiger partial charge in [-0.2, -0.15) is 0 Å². The summed E-state index contributed by atoms with van der Waals surface area (Å²) in [5, 5.41) is 5.17. The Morgan fingerprint density at radius 1 is 0.906 bits per heavy atom. The van der Waals surface area contributed by atoms with E-state index >= 15 is 0 Å². The number of hydrogen-bond acceptors (Lipinski definition) is 5. The summed E-state index contributed by atoms with van der Waals surface area (Å²) in [5.74, 6) is -0.0272. The summed E-state index contributed by atoms with van der Waals surface area (Å²) < 4.78 is 24.9. The van der Waals surface area contributed by atoms with Gasteiger partial charge in [-0.1, -0.05) is 18.2 Å². The number of thioether (sulfide) groups is 1. The van der Waals surface area contributed by atoms with Crippen molar-refractivity contribution in [1.82, 2.24) is 0 Å². The second kappa shape index (κ2) is 9.74. The molecule has 0 bridgehead atoms. The lowest BCUT2D eigenvalue weighted by atomic mass is 10.2. The number of hydrogen-bond donors (Lipinski definition) is 2. The Bertz CT molecular complexity index is 1150. The van der Waals surface area contributed by atoms with Crippen LogP contribution in [0.3, 0.4) is 0 Å². The van der Waals surface area contributed by atoms with Gasteiger partial charge in [0.15, 0.2) is 11.5 Å². The van der Waals surface area contributed by atoms with Crippen molar-refractivity contribution in [2.75, 3.05) is 23.8 Å². The van der Waals surface area contributed by atoms with E-state index in [-0.39, 0.29) is 11.5 Å². The standard InChI is InChI=1S/C24H21FN2O4S/c1-15(23(28)26-17-9-10-21-22(14-17)31-12-11-30-21)32-18-6-4-5-16(13-18)27-24(29)19-7-2-3-8-20(19)25/h2-10,13-15H,11-12H2,1H3,(H,26,28)(H,27,29). The molecule has 2 amide bonds. The summed E-state index contributed by atoms with van der Waals surface area (Å²) in [6, 6.07) is 18.1. The van der Waals surface area contributed by atoms with Gasteiger partial charge in [0, 0.05) is 22.3 Å². The lowest BCUT2D eigenvalue weighted by Crippen LogP contribution is -2.22. The number of carbonyl (C=O) groups is 2. The summed E-state index contributed by atoms with van der Waals surface area (Å²) in [5.41, 5.74) is 1.11. The molecule has 1 aliphatic rings. The van der Waals surface area contributed by atoms with E-state index in [1.165, 1.54) is 30.0 Å². The highest BCUT2D eigenvalue weighted by Gasteiger charge is 2.18. The van der Waals surface area contributed by atoms with Crippen LogP contribution in [0, 0.1) is 5.82 Å². The average molecular weight is 453 g/mol. The number of nitrogens with one attached hydrogen (secondary N) is 2. The first kappa shape index (κ1) is 21.7. The van der Waals surface area contributed by atoms with E-state index < -0.39 is 17.0 Å². The van der Waals surface area contributed by atoms with E-state index in [0.717, 1.165) is 4.90 Å². The Balaban J connectivity index is 1.38. The van der Waals surface area contributed by atoms with Crippen molar-refractivity contribution in [3.05, 3.63) is 78.1 Å². The van der Waals surface area contributed by atoms with Gasteiger partial charge >= 0.3 is 0 Å². The third-order valence-corrected chi connectivity index (χ3v) is 5.80. The molecule has 0 spiro atoms. The zero-order valence-electron chi connectivity index (χ0n) is 17.3. The molecule has 0 saturated heterocycles. The highest BCUT2D eigenvalue weighted by molar-refractivity contribution is 8.00. The molecular weight excluding hydrogens is 431 g/mol. The van der Waals surface area contributed by atoms with Crippen molar-refractivity contribution < 1.29 is 23.5 Å². The molecule has 32 heavy (non-hydrogen) atoms. The number of ether oxygens (including phenoxy) is 2. The molecule has 3 aromatic rings. The van der Waals surface area contributed by atoms with Gasteiger partial charge in [0.25, 0.3) is 5.91 Å². The van der Waals surface area contributed by atoms with E-state index in [1.54, 1.807) is 49.4 Å². The van der Waals surface area contributed by atoms with Crippen LogP contribution < -0.4 is 20.1 Å². The second-order valence-electron chi connectivity index (χ2n) is 7.07. The van der Waals surface area contributed by atoms with Crippen LogP contribution in [-0.4, -0.2) is 30.3 Å². The quantitative estimate of drug-likeness (QED) is 0.517. The SMILES string of the molecule is CC(Sc1cccc(NC(=O)c2ccccc2F)c1)C(=O)Nc1ccc2c(c1)OCCO2. The first-order valence-corrected chi connectivity index (χ1v) is 10.9. The van der Waals surface area contributed by atoms with Crippen molar-refractivity contribution in [2.24, 2.45) is 0 Å². The maximum absolute atomic E-state index is 13.8. The highest BCUT2D eigenvalue weighted by Crippen LogP contribution is 2.33. The summed E-state index contributed by atoms with van der Waals surface area (Å²) in [7, 11) is 0. The third kappa shape index (κ3) is 5.20.